The van der Waals surface area contributed by atoms with E-state index in [9.17, 15) is 13.2 Å². The fourth-order valence-corrected chi connectivity index (χ4v) is 5.97. The number of aryl methyl sites for hydroxylation is 3. The molecule has 156 valence electrons. The molecule has 7 heteroatoms. The van der Waals surface area contributed by atoms with Gasteiger partial charge in [-0.2, -0.15) is 4.31 Å². The second-order valence-corrected chi connectivity index (χ2v) is 9.82. The van der Waals surface area contributed by atoms with Crippen LogP contribution in [0.2, 0.25) is 0 Å². The molecule has 1 fully saturated rings. The number of aromatic nitrogens is 1. The number of carbonyl (C=O) groups is 1. The number of pyridine rings is 1. The van der Waals surface area contributed by atoms with Gasteiger partial charge in [0.15, 0.2) is 0 Å². The van der Waals surface area contributed by atoms with Crippen molar-refractivity contribution in [2.45, 2.75) is 52.4 Å². The monoisotopic (exact) mass is 415 g/mol. The summed E-state index contributed by atoms with van der Waals surface area (Å²) in [6, 6.07) is 5.61. The molecule has 1 amide bonds. The van der Waals surface area contributed by atoms with E-state index in [1.54, 1.807) is 12.3 Å². The largest absolute Gasteiger partial charge is 0.326 e. The van der Waals surface area contributed by atoms with E-state index in [0.29, 0.717) is 30.8 Å². The Balaban J connectivity index is 1.73. The van der Waals surface area contributed by atoms with Gasteiger partial charge in [-0.05, 0) is 81.8 Å². The van der Waals surface area contributed by atoms with E-state index in [0.717, 1.165) is 33.6 Å². The number of rotatable bonds is 4. The summed E-state index contributed by atoms with van der Waals surface area (Å²) in [5.74, 6) is -0.261. The molecule has 1 saturated heterocycles. The van der Waals surface area contributed by atoms with Crippen molar-refractivity contribution < 1.29 is 13.2 Å². The summed E-state index contributed by atoms with van der Waals surface area (Å²) < 4.78 is 28.2. The lowest BCUT2D eigenvalue weighted by Crippen LogP contribution is -2.41. The fraction of sp³-hybridized carbons (Fsp3) is 0.455. The summed E-state index contributed by atoms with van der Waals surface area (Å²) in [6.45, 7) is 10.2. The van der Waals surface area contributed by atoms with Crippen LogP contribution in [0, 0.1) is 40.5 Å². The lowest BCUT2D eigenvalue weighted by atomic mass is 9.97. The van der Waals surface area contributed by atoms with Crippen LogP contribution in [-0.2, 0) is 14.8 Å². The third-order valence-electron chi connectivity index (χ3n) is 5.88. The van der Waals surface area contributed by atoms with Gasteiger partial charge in [-0.1, -0.05) is 6.07 Å². The highest BCUT2D eigenvalue weighted by molar-refractivity contribution is 7.89. The summed E-state index contributed by atoms with van der Waals surface area (Å²) in [5, 5.41) is 2.92. The lowest BCUT2D eigenvalue weighted by molar-refractivity contribution is -0.120. The van der Waals surface area contributed by atoms with E-state index in [2.05, 4.69) is 10.3 Å². The zero-order chi connectivity index (χ0) is 21.3. The predicted octanol–water partition coefficient (Wildman–Crippen LogP) is 3.66. The quantitative estimate of drug-likeness (QED) is 0.826. The predicted molar refractivity (Wildman–Crippen MR) is 114 cm³/mol. The van der Waals surface area contributed by atoms with Crippen LogP contribution < -0.4 is 5.32 Å². The molecule has 1 aromatic heterocycles. The zero-order valence-corrected chi connectivity index (χ0v) is 18.6. The minimum absolute atomic E-state index is 0.0635. The van der Waals surface area contributed by atoms with E-state index < -0.39 is 10.0 Å². The van der Waals surface area contributed by atoms with E-state index in [1.807, 2.05) is 46.8 Å². The third-order valence-corrected chi connectivity index (χ3v) is 8.06. The van der Waals surface area contributed by atoms with E-state index >= 15 is 0 Å². The normalized spacial score (nSPS) is 16.0. The number of piperidine rings is 1. The summed E-state index contributed by atoms with van der Waals surface area (Å²) >= 11 is 0. The Labute approximate surface area is 173 Å². The highest BCUT2D eigenvalue weighted by Crippen LogP contribution is 2.31. The van der Waals surface area contributed by atoms with Gasteiger partial charge in [0.1, 0.15) is 0 Å². The maximum Gasteiger partial charge on any atom is 0.243 e. The molecule has 0 unspecified atom stereocenters. The van der Waals surface area contributed by atoms with Gasteiger partial charge in [0.25, 0.3) is 0 Å². The third kappa shape index (κ3) is 4.36. The highest BCUT2D eigenvalue weighted by atomic mass is 32.2. The van der Waals surface area contributed by atoms with Gasteiger partial charge < -0.3 is 5.32 Å². The molecule has 2 heterocycles. The van der Waals surface area contributed by atoms with Crippen LogP contribution in [0.1, 0.15) is 40.8 Å². The molecule has 2 aromatic rings. The van der Waals surface area contributed by atoms with Gasteiger partial charge in [0.2, 0.25) is 15.9 Å². The van der Waals surface area contributed by atoms with Gasteiger partial charge in [-0.15, -0.1) is 0 Å². The summed E-state index contributed by atoms with van der Waals surface area (Å²) in [7, 11) is -3.59. The number of hydrogen-bond donors (Lipinski definition) is 1. The maximum absolute atomic E-state index is 13.4. The Morgan fingerprint density at radius 1 is 1.03 bits per heavy atom. The molecule has 0 aliphatic carbocycles. The summed E-state index contributed by atoms with van der Waals surface area (Å²) in [4.78, 5) is 17.2. The Bertz CT molecular complexity index is 1010. The number of nitrogens with zero attached hydrogens (tertiary/aromatic N) is 2. The molecule has 6 nitrogen and oxygen atoms in total. The average molecular weight is 416 g/mol. The molecule has 1 aliphatic rings. The van der Waals surface area contributed by atoms with Crippen molar-refractivity contribution in [1.29, 1.82) is 0 Å². The van der Waals surface area contributed by atoms with Gasteiger partial charge in [0.05, 0.1) is 4.90 Å². The number of benzene rings is 1. The van der Waals surface area contributed by atoms with Crippen molar-refractivity contribution in [2.75, 3.05) is 18.4 Å². The summed E-state index contributed by atoms with van der Waals surface area (Å²) in [6.07, 6.45) is 2.69. The first-order valence-corrected chi connectivity index (χ1v) is 11.4. The minimum Gasteiger partial charge on any atom is -0.326 e. The van der Waals surface area contributed by atoms with Crippen LogP contribution in [0.15, 0.2) is 29.3 Å². The molecular formula is C22H29N3O3S. The van der Waals surface area contributed by atoms with Crippen molar-refractivity contribution in [1.82, 2.24) is 9.29 Å². The average Bonchev–Trinajstić information content (AvgIpc) is 2.66. The van der Waals surface area contributed by atoms with Gasteiger partial charge in [-0.3, -0.25) is 9.78 Å². The van der Waals surface area contributed by atoms with Crippen molar-refractivity contribution in [2.24, 2.45) is 5.92 Å². The van der Waals surface area contributed by atoms with Crippen molar-refractivity contribution >= 4 is 21.6 Å². The van der Waals surface area contributed by atoms with Crippen LogP contribution in [0.25, 0.3) is 0 Å². The van der Waals surface area contributed by atoms with Crippen LogP contribution in [-0.4, -0.2) is 36.7 Å². The standard InChI is InChI=1S/C22H29N3O3S/c1-14-12-15(2)18(5)21(17(14)4)29(27,28)25-10-7-19(8-11-25)22(26)24-20-6-9-23-16(3)13-20/h6,9,12-13,19H,7-8,10-11H2,1-5H3,(H,23,24,26). The molecule has 1 aromatic carbocycles. The van der Waals surface area contributed by atoms with E-state index in [4.69, 9.17) is 0 Å². The Kier molecular flexibility index (Phi) is 6.10. The van der Waals surface area contributed by atoms with Crippen LogP contribution in [0.5, 0.6) is 0 Å². The number of amides is 1. The molecule has 3 rings (SSSR count). The Morgan fingerprint density at radius 2 is 1.62 bits per heavy atom. The molecule has 0 atom stereocenters. The van der Waals surface area contributed by atoms with E-state index in [1.165, 1.54) is 4.31 Å². The van der Waals surface area contributed by atoms with Crippen molar-refractivity contribution in [3.63, 3.8) is 0 Å². The molecule has 1 aliphatic heterocycles. The first kappa shape index (κ1) is 21.5. The molecule has 29 heavy (non-hydrogen) atoms. The Morgan fingerprint density at radius 3 is 2.17 bits per heavy atom. The molecule has 0 bridgehead atoms. The second kappa shape index (κ2) is 8.24. The first-order valence-electron chi connectivity index (χ1n) is 9.92. The number of hydrogen-bond acceptors (Lipinski definition) is 4. The van der Waals surface area contributed by atoms with Crippen LogP contribution in [0.4, 0.5) is 5.69 Å². The van der Waals surface area contributed by atoms with Crippen LogP contribution in [0.3, 0.4) is 0 Å². The lowest BCUT2D eigenvalue weighted by Gasteiger charge is -2.31. The minimum atomic E-state index is -3.59. The number of sulfonamides is 1. The fourth-order valence-electron chi connectivity index (χ4n) is 3.92. The van der Waals surface area contributed by atoms with E-state index in [-0.39, 0.29) is 11.8 Å². The SMILES string of the molecule is Cc1cc(NC(=O)C2CCN(S(=O)(=O)c3c(C)c(C)cc(C)c3C)CC2)ccn1. The van der Waals surface area contributed by atoms with Crippen molar-refractivity contribution in [3.8, 4) is 0 Å². The summed E-state index contributed by atoms with van der Waals surface area (Å²) in [5.41, 5.74) is 5.13. The molecule has 1 N–H and O–H groups in total. The molecule has 0 radical (unpaired) electrons. The van der Waals surface area contributed by atoms with Gasteiger partial charge in [0, 0.05) is 36.6 Å². The maximum atomic E-state index is 13.4. The van der Waals surface area contributed by atoms with Gasteiger partial charge >= 0.3 is 0 Å². The first-order chi connectivity index (χ1) is 13.6. The molecule has 0 spiro atoms. The molecular weight excluding hydrogens is 386 g/mol. The zero-order valence-electron chi connectivity index (χ0n) is 17.7. The number of nitrogens with one attached hydrogen (secondary N) is 1. The Hall–Kier alpha value is -2.25. The number of anilines is 1. The number of carbonyl (C=O) groups excluding carboxylic acids is 1. The van der Waals surface area contributed by atoms with Gasteiger partial charge in [-0.25, -0.2) is 8.42 Å². The highest BCUT2D eigenvalue weighted by Gasteiger charge is 2.34. The smallest absolute Gasteiger partial charge is 0.243 e. The second-order valence-electron chi connectivity index (χ2n) is 7.94. The topological polar surface area (TPSA) is 79.4 Å². The van der Waals surface area contributed by atoms with Crippen LogP contribution >= 0.6 is 0 Å². The van der Waals surface area contributed by atoms with Crippen molar-refractivity contribution in [3.05, 3.63) is 52.3 Å². The molecule has 0 saturated carbocycles.